The van der Waals surface area contributed by atoms with Crippen LogP contribution in [0.25, 0.3) is 21.6 Å². The molecule has 4 nitrogen and oxygen atoms in total. The Morgan fingerprint density at radius 3 is 2.04 bits per heavy atom. The van der Waals surface area contributed by atoms with E-state index < -0.39 is 0 Å². The Bertz CT molecular complexity index is 831. The fraction of sp³-hybridized carbons (Fsp3) is 0.250. The van der Waals surface area contributed by atoms with Crippen molar-refractivity contribution in [3.63, 3.8) is 0 Å². The lowest BCUT2D eigenvalue weighted by Gasteiger charge is -2.14. The third-order valence-electron chi connectivity index (χ3n) is 4.17. The number of nitrogens with zero attached hydrogens (tertiary/aromatic N) is 1. The van der Waals surface area contributed by atoms with Gasteiger partial charge < -0.3 is 14.2 Å². The van der Waals surface area contributed by atoms with Gasteiger partial charge in [0.15, 0.2) is 11.5 Å². The van der Waals surface area contributed by atoms with Crippen LogP contribution in [0.1, 0.15) is 12.5 Å². The van der Waals surface area contributed by atoms with Crippen LogP contribution < -0.4 is 14.2 Å². The van der Waals surface area contributed by atoms with Crippen LogP contribution in [0.5, 0.6) is 17.2 Å². The SMILES string of the molecule is CCc1ccc(-c2cnsc2-c2cc(OC)c(OC)c(OC)c2)cc1. The van der Waals surface area contributed by atoms with Gasteiger partial charge in [-0.25, -0.2) is 0 Å². The zero-order valence-electron chi connectivity index (χ0n) is 14.8. The van der Waals surface area contributed by atoms with E-state index in [4.69, 9.17) is 14.2 Å². The van der Waals surface area contributed by atoms with Crippen LogP contribution in [0.2, 0.25) is 0 Å². The van der Waals surface area contributed by atoms with Crippen LogP contribution in [-0.2, 0) is 6.42 Å². The number of aryl methyl sites for hydroxylation is 1. The Labute approximate surface area is 152 Å². The van der Waals surface area contributed by atoms with Crippen molar-refractivity contribution >= 4 is 11.5 Å². The van der Waals surface area contributed by atoms with Gasteiger partial charge in [-0.2, -0.15) is 4.37 Å². The summed E-state index contributed by atoms with van der Waals surface area (Å²) in [7, 11) is 4.85. The molecule has 3 rings (SSSR count). The van der Waals surface area contributed by atoms with Gasteiger partial charge in [0.1, 0.15) is 0 Å². The first-order chi connectivity index (χ1) is 12.2. The van der Waals surface area contributed by atoms with Crippen molar-refractivity contribution in [2.24, 2.45) is 0 Å². The van der Waals surface area contributed by atoms with E-state index >= 15 is 0 Å². The lowest BCUT2D eigenvalue weighted by molar-refractivity contribution is 0.324. The Kier molecular flexibility index (Phi) is 5.24. The zero-order valence-corrected chi connectivity index (χ0v) is 15.6. The standard InChI is InChI=1S/C20H21NO3S/c1-5-13-6-8-14(9-7-13)16-12-21-25-20(16)15-10-17(22-2)19(24-4)18(11-15)23-3/h6-12H,5H2,1-4H3. The van der Waals surface area contributed by atoms with Crippen molar-refractivity contribution in [2.45, 2.75) is 13.3 Å². The Morgan fingerprint density at radius 1 is 0.880 bits per heavy atom. The minimum Gasteiger partial charge on any atom is -0.493 e. The average Bonchev–Trinajstić information content (AvgIpc) is 3.16. The molecule has 0 saturated heterocycles. The molecular weight excluding hydrogens is 334 g/mol. The van der Waals surface area contributed by atoms with Gasteiger partial charge in [-0.15, -0.1) is 0 Å². The fourth-order valence-electron chi connectivity index (χ4n) is 2.79. The molecule has 3 aromatic rings. The van der Waals surface area contributed by atoms with Crippen molar-refractivity contribution in [1.29, 1.82) is 0 Å². The third-order valence-corrected chi connectivity index (χ3v) is 5.02. The van der Waals surface area contributed by atoms with E-state index in [1.54, 1.807) is 21.3 Å². The van der Waals surface area contributed by atoms with Crippen molar-refractivity contribution in [2.75, 3.05) is 21.3 Å². The summed E-state index contributed by atoms with van der Waals surface area (Å²) in [6, 6.07) is 12.5. The molecule has 5 heteroatoms. The van der Waals surface area contributed by atoms with Gasteiger partial charge in [0.05, 0.1) is 26.2 Å². The molecule has 0 N–H and O–H groups in total. The van der Waals surface area contributed by atoms with E-state index in [1.165, 1.54) is 17.1 Å². The second-order valence-corrected chi connectivity index (χ2v) is 6.33. The van der Waals surface area contributed by atoms with Gasteiger partial charge in [0.2, 0.25) is 5.75 Å². The van der Waals surface area contributed by atoms with Crippen molar-refractivity contribution < 1.29 is 14.2 Å². The summed E-state index contributed by atoms with van der Waals surface area (Å²) in [4.78, 5) is 1.07. The van der Waals surface area contributed by atoms with E-state index in [9.17, 15) is 0 Å². The summed E-state index contributed by atoms with van der Waals surface area (Å²) in [5, 5.41) is 0. The highest BCUT2D eigenvalue weighted by atomic mass is 32.1. The molecule has 25 heavy (non-hydrogen) atoms. The van der Waals surface area contributed by atoms with Crippen LogP contribution in [-0.4, -0.2) is 25.7 Å². The monoisotopic (exact) mass is 355 g/mol. The quantitative estimate of drug-likeness (QED) is 0.619. The molecule has 0 aliphatic carbocycles. The average molecular weight is 355 g/mol. The van der Waals surface area contributed by atoms with Gasteiger partial charge >= 0.3 is 0 Å². The van der Waals surface area contributed by atoms with Crippen LogP contribution in [0.4, 0.5) is 0 Å². The topological polar surface area (TPSA) is 40.6 Å². The zero-order chi connectivity index (χ0) is 17.8. The highest BCUT2D eigenvalue weighted by Crippen LogP contribution is 2.44. The number of hydrogen-bond donors (Lipinski definition) is 0. The summed E-state index contributed by atoms with van der Waals surface area (Å²) >= 11 is 1.46. The second kappa shape index (κ2) is 7.57. The molecule has 0 bridgehead atoms. The highest BCUT2D eigenvalue weighted by molar-refractivity contribution is 7.10. The first-order valence-electron chi connectivity index (χ1n) is 8.06. The number of rotatable bonds is 6. The van der Waals surface area contributed by atoms with Crippen LogP contribution in [0.15, 0.2) is 42.6 Å². The Hall–Kier alpha value is -2.53. The predicted octanol–water partition coefficient (Wildman–Crippen LogP) is 5.07. The largest absolute Gasteiger partial charge is 0.493 e. The maximum Gasteiger partial charge on any atom is 0.203 e. The van der Waals surface area contributed by atoms with Crippen molar-refractivity contribution in [1.82, 2.24) is 4.37 Å². The van der Waals surface area contributed by atoms with E-state index in [-0.39, 0.29) is 0 Å². The maximum atomic E-state index is 5.47. The molecule has 0 amide bonds. The molecular formula is C20H21NO3S. The Morgan fingerprint density at radius 2 is 1.52 bits per heavy atom. The molecule has 0 saturated carbocycles. The summed E-state index contributed by atoms with van der Waals surface area (Å²) in [6.45, 7) is 2.16. The molecule has 130 valence electrons. The molecule has 0 fully saturated rings. The second-order valence-electron chi connectivity index (χ2n) is 5.53. The maximum absolute atomic E-state index is 5.47. The third kappa shape index (κ3) is 3.33. The van der Waals surface area contributed by atoms with Crippen LogP contribution in [0.3, 0.4) is 0 Å². The lowest BCUT2D eigenvalue weighted by atomic mass is 10.0. The van der Waals surface area contributed by atoms with Crippen LogP contribution in [0, 0.1) is 0 Å². The van der Waals surface area contributed by atoms with Crippen LogP contribution >= 0.6 is 11.5 Å². The number of benzene rings is 2. The minimum atomic E-state index is 0.590. The predicted molar refractivity (Wildman–Crippen MR) is 102 cm³/mol. The van der Waals surface area contributed by atoms with Crippen molar-refractivity contribution in [3.8, 4) is 38.8 Å². The molecule has 0 aliphatic heterocycles. The molecule has 0 unspecified atom stereocenters. The minimum absolute atomic E-state index is 0.590. The Balaban J connectivity index is 2.10. The van der Waals surface area contributed by atoms with E-state index in [0.29, 0.717) is 17.2 Å². The summed E-state index contributed by atoms with van der Waals surface area (Å²) in [5.41, 5.74) is 4.56. The molecule has 1 heterocycles. The van der Waals surface area contributed by atoms with E-state index in [2.05, 4.69) is 35.6 Å². The van der Waals surface area contributed by atoms with E-state index in [0.717, 1.165) is 28.0 Å². The first-order valence-corrected chi connectivity index (χ1v) is 8.83. The number of aromatic nitrogens is 1. The van der Waals surface area contributed by atoms with Gasteiger partial charge in [0.25, 0.3) is 0 Å². The number of methoxy groups -OCH3 is 3. The van der Waals surface area contributed by atoms with Crippen molar-refractivity contribution in [3.05, 3.63) is 48.2 Å². The van der Waals surface area contributed by atoms with Gasteiger partial charge in [-0.1, -0.05) is 31.2 Å². The normalized spacial score (nSPS) is 10.6. The molecule has 1 aromatic heterocycles. The molecule has 0 spiro atoms. The number of ether oxygens (including phenoxy) is 3. The van der Waals surface area contributed by atoms with Gasteiger partial charge in [0, 0.05) is 17.3 Å². The summed E-state index contributed by atoms with van der Waals surface area (Å²) in [6.07, 6.45) is 2.94. The summed E-state index contributed by atoms with van der Waals surface area (Å²) < 4.78 is 20.8. The summed E-state index contributed by atoms with van der Waals surface area (Å²) in [5.74, 6) is 1.86. The van der Waals surface area contributed by atoms with E-state index in [1.807, 2.05) is 18.3 Å². The van der Waals surface area contributed by atoms with Gasteiger partial charge in [-0.05, 0) is 41.2 Å². The number of hydrogen-bond acceptors (Lipinski definition) is 5. The molecule has 0 radical (unpaired) electrons. The fourth-order valence-corrected chi connectivity index (χ4v) is 3.54. The first kappa shape index (κ1) is 17.3. The van der Waals surface area contributed by atoms with Gasteiger partial charge in [-0.3, -0.25) is 0 Å². The highest BCUT2D eigenvalue weighted by Gasteiger charge is 2.17. The lowest BCUT2D eigenvalue weighted by Crippen LogP contribution is -1.95. The molecule has 0 aliphatic rings. The molecule has 2 aromatic carbocycles. The molecule has 0 atom stereocenters. The smallest absolute Gasteiger partial charge is 0.203 e.